The Morgan fingerprint density at radius 1 is 0.741 bits per heavy atom. The molecule has 0 atom stereocenters. The Morgan fingerprint density at radius 3 is 2.19 bits per heavy atom. The summed E-state index contributed by atoms with van der Waals surface area (Å²) in [5, 5.41) is 6.22. The van der Waals surface area contributed by atoms with Crippen molar-refractivity contribution in [2.24, 2.45) is 0 Å². The fraction of sp³-hybridized carbons (Fsp3) is 0.136. The van der Waals surface area contributed by atoms with Gasteiger partial charge in [-0.3, -0.25) is 4.79 Å². The van der Waals surface area contributed by atoms with E-state index in [0.29, 0.717) is 30.3 Å². The highest BCUT2D eigenvalue weighted by Crippen LogP contribution is 2.30. The first-order chi connectivity index (χ1) is 13.3. The SMILES string of the molecule is O=C(Nc1ccc(Nc2ccccc2)cc1)c1ccc2c(c1)OCCCO2. The Morgan fingerprint density at radius 2 is 1.41 bits per heavy atom. The zero-order valence-electron chi connectivity index (χ0n) is 14.8. The molecule has 0 aliphatic carbocycles. The second-order valence-electron chi connectivity index (χ2n) is 6.23. The average molecular weight is 360 g/mol. The zero-order valence-corrected chi connectivity index (χ0v) is 14.8. The van der Waals surface area contributed by atoms with Gasteiger partial charge in [0.1, 0.15) is 0 Å². The highest BCUT2D eigenvalue weighted by molar-refractivity contribution is 6.04. The standard InChI is InChI=1S/C22H20N2O3/c25-22(16-7-12-20-21(15-16)27-14-4-13-26-20)24-19-10-8-18(9-11-19)23-17-5-2-1-3-6-17/h1-3,5-12,15,23H,4,13-14H2,(H,24,25). The fourth-order valence-electron chi connectivity index (χ4n) is 2.83. The van der Waals surface area contributed by atoms with Crippen LogP contribution in [0.1, 0.15) is 16.8 Å². The zero-order chi connectivity index (χ0) is 18.5. The number of rotatable bonds is 4. The lowest BCUT2D eigenvalue weighted by atomic mass is 10.1. The molecule has 0 bridgehead atoms. The van der Waals surface area contributed by atoms with Crippen LogP contribution in [0.3, 0.4) is 0 Å². The van der Waals surface area contributed by atoms with E-state index in [-0.39, 0.29) is 5.91 Å². The number of ether oxygens (including phenoxy) is 2. The van der Waals surface area contributed by atoms with Gasteiger partial charge in [-0.2, -0.15) is 0 Å². The van der Waals surface area contributed by atoms with Crippen molar-refractivity contribution in [3.05, 3.63) is 78.4 Å². The lowest BCUT2D eigenvalue weighted by Gasteiger charge is -2.11. The number of nitrogens with one attached hydrogen (secondary N) is 2. The van der Waals surface area contributed by atoms with Crippen molar-refractivity contribution in [3.63, 3.8) is 0 Å². The van der Waals surface area contributed by atoms with Crippen LogP contribution in [-0.2, 0) is 0 Å². The molecule has 0 saturated carbocycles. The van der Waals surface area contributed by atoms with Crippen molar-refractivity contribution in [1.82, 2.24) is 0 Å². The van der Waals surface area contributed by atoms with Gasteiger partial charge < -0.3 is 20.1 Å². The van der Waals surface area contributed by atoms with Crippen LogP contribution in [0.4, 0.5) is 17.1 Å². The summed E-state index contributed by atoms with van der Waals surface area (Å²) in [6.45, 7) is 1.22. The van der Waals surface area contributed by atoms with E-state index in [9.17, 15) is 4.79 Å². The second-order valence-corrected chi connectivity index (χ2v) is 6.23. The number of para-hydroxylation sites is 1. The first kappa shape index (κ1) is 17.0. The summed E-state index contributed by atoms with van der Waals surface area (Å²) < 4.78 is 11.2. The van der Waals surface area contributed by atoms with Crippen LogP contribution in [0.5, 0.6) is 11.5 Å². The molecule has 0 radical (unpaired) electrons. The number of benzene rings is 3. The van der Waals surface area contributed by atoms with Crippen LogP contribution in [0, 0.1) is 0 Å². The van der Waals surface area contributed by atoms with Gasteiger partial charge in [-0.05, 0) is 54.6 Å². The molecule has 0 unspecified atom stereocenters. The Hall–Kier alpha value is -3.47. The minimum atomic E-state index is -0.186. The summed E-state index contributed by atoms with van der Waals surface area (Å²) in [4.78, 5) is 12.5. The molecular formula is C22H20N2O3. The molecule has 5 heteroatoms. The smallest absolute Gasteiger partial charge is 0.255 e. The fourth-order valence-corrected chi connectivity index (χ4v) is 2.83. The molecule has 3 aromatic carbocycles. The molecule has 2 N–H and O–H groups in total. The molecule has 1 aliphatic heterocycles. The maximum atomic E-state index is 12.5. The van der Waals surface area contributed by atoms with Crippen molar-refractivity contribution in [2.75, 3.05) is 23.8 Å². The summed E-state index contributed by atoms with van der Waals surface area (Å²) in [6.07, 6.45) is 0.833. The number of hydrogen-bond donors (Lipinski definition) is 2. The van der Waals surface area contributed by atoms with Crippen molar-refractivity contribution in [2.45, 2.75) is 6.42 Å². The van der Waals surface area contributed by atoms with E-state index in [0.717, 1.165) is 23.5 Å². The van der Waals surface area contributed by atoms with E-state index in [1.807, 2.05) is 54.6 Å². The first-order valence-corrected chi connectivity index (χ1v) is 8.91. The molecule has 0 spiro atoms. The van der Waals surface area contributed by atoms with Gasteiger partial charge in [-0.25, -0.2) is 0 Å². The van der Waals surface area contributed by atoms with Gasteiger partial charge in [0.25, 0.3) is 5.91 Å². The molecule has 3 aromatic rings. The van der Waals surface area contributed by atoms with E-state index < -0.39 is 0 Å². The van der Waals surface area contributed by atoms with Crippen molar-refractivity contribution >= 4 is 23.0 Å². The monoisotopic (exact) mass is 360 g/mol. The minimum absolute atomic E-state index is 0.186. The minimum Gasteiger partial charge on any atom is -0.490 e. The quantitative estimate of drug-likeness (QED) is 0.699. The maximum Gasteiger partial charge on any atom is 0.255 e. The van der Waals surface area contributed by atoms with Gasteiger partial charge in [0.05, 0.1) is 13.2 Å². The third kappa shape index (κ3) is 4.20. The molecule has 0 saturated heterocycles. The largest absolute Gasteiger partial charge is 0.490 e. The number of amides is 1. The van der Waals surface area contributed by atoms with Crippen LogP contribution < -0.4 is 20.1 Å². The molecule has 0 fully saturated rings. The van der Waals surface area contributed by atoms with Crippen LogP contribution in [0.2, 0.25) is 0 Å². The van der Waals surface area contributed by atoms with Gasteiger partial charge in [-0.1, -0.05) is 18.2 Å². The van der Waals surface area contributed by atoms with Crippen LogP contribution in [-0.4, -0.2) is 19.1 Å². The lowest BCUT2D eigenvalue weighted by molar-refractivity contribution is 0.102. The van der Waals surface area contributed by atoms with Gasteiger partial charge in [0.2, 0.25) is 0 Å². The normalized spacial score (nSPS) is 12.7. The molecule has 1 aliphatic rings. The Labute approximate surface area is 157 Å². The third-order valence-corrected chi connectivity index (χ3v) is 4.21. The van der Waals surface area contributed by atoms with E-state index in [4.69, 9.17) is 9.47 Å². The lowest BCUT2D eigenvalue weighted by Crippen LogP contribution is -2.12. The molecule has 27 heavy (non-hydrogen) atoms. The third-order valence-electron chi connectivity index (χ3n) is 4.21. The number of hydrogen-bond acceptors (Lipinski definition) is 4. The van der Waals surface area contributed by atoms with Crippen molar-refractivity contribution in [3.8, 4) is 11.5 Å². The van der Waals surface area contributed by atoms with Gasteiger partial charge >= 0.3 is 0 Å². The topological polar surface area (TPSA) is 59.6 Å². The summed E-state index contributed by atoms with van der Waals surface area (Å²) in [5.41, 5.74) is 3.23. The molecule has 136 valence electrons. The summed E-state index contributed by atoms with van der Waals surface area (Å²) in [7, 11) is 0. The Bertz CT molecular complexity index is 924. The molecular weight excluding hydrogens is 340 g/mol. The average Bonchev–Trinajstić information content (AvgIpc) is 2.95. The summed E-state index contributed by atoms with van der Waals surface area (Å²) in [5.74, 6) is 1.11. The molecule has 5 nitrogen and oxygen atoms in total. The number of carbonyl (C=O) groups is 1. The summed E-state index contributed by atoms with van der Waals surface area (Å²) in [6, 6.07) is 22.8. The Balaban J connectivity index is 1.43. The second kappa shape index (κ2) is 7.83. The number of carbonyl (C=O) groups excluding carboxylic acids is 1. The molecule has 1 heterocycles. The van der Waals surface area contributed by atoms with Crippen molar-refractivity contribution in [1.29, 1.82) is 0 Å². The van der Waals surface area contributed by atoms with Crippen molar-refractivity contribution < 1.29 is 14.3 Å². The maximum absolute atomic E-state index is 12.5. The summed E-state index contributed by atoms with van der Waals surface area (Å²) >= 11 is 0. The molecule has 1 amide bonds. The van der Waals surface area contributed by atoms with E-state index in [1.165, 1.54) is 0 Å². The molecule has 0 aromatic heterocycles. The van der Waals surface area contributed by atoms with Crippen LogP contribution in [0.25, 0.3) is 0 Å². The number of anilines is 3. The van der Waals surface area contributed by atoms with Gasteiger partial charge in [0.15, 0.2) is 11.5 Å². The first-order valence-electron chi connectivity index (χ1n) is 8.91. The van der Waals surface area contributed by atoms with E-state index in [2.05, 4.69) is 10.6 Å². The Kier molecular flexibility index (Phi) is 4.92. The van der Waals surface area contributed by atoms with E-state index in [1.54, 1.807) is 18.2 Å². The van der Waals surface area contributed by atoms with Crippen LogP contribution >= 0.6 is 0 Å². The highest BCUT2D eigenvalue weighted by Gasteiger charge is 2.14. The number of fused-ring (bicyclic) bond motifs is 1. The van der Waals surface area contributed by atoms with E-state index >= 15 is 0 Å². The predicted octanol–water partition coefficient (Wildman–Crippen LogP) is 4.84. The van der Waals surface area contributed by atoms with Crippen LogP contribution in [0.15, 0.2) is 72.8 Å². The highest BCUT2D eigenvalue weighted by atomic mass is 16.5. The molecule has 4 rings (SSSR count). The predicted molar refractivity (Wildman–Crippen MR) is 106 cm³/mol. The van der Waals surface area contributed by atoms with Gasteiger partial charge in [-0.15, -0.1) is 0 Å². The van der Waals surface area contributed by atoms with Gasteiger partial charge in [0, 0.05) is 29.0 Å².